The molecule has 1 amide bonds. The molecule has 34 heavy (non-hydrogen) atoms. The topological polar surface area (TPSA) is 114 Å². The van der Waals surface area contributed by atoms with Gasteiger partial charge in [-0.1, -0.05) is 30.7 Å². The first-order chi connectivity index (χ1) is 16.4. The molecule has 4 rings (SSSR count). The number of halogens is 1. The van der Waals surface area contributed by atoms with Crippen molar-refractivity contribution >= 4 is 44.7 Å². The molecule has 0 spiro atoms. The Kier molecular flexibility index (Phi) is 7.09. The number of nitrogens with zero attached hydrogens (tertiary/aromatic N) is 4. The molecule has 0 atom stereocenters. The predicted molar refractivity (Wildman–Crippen MR) is 133 cm³/mol. The van der Waals surface area contributed by atoms with E-state index in [9.17, 15) is 14.4 Å². The number of H-pyrrole nitrogens is 1. The van der Waals surface area contributed by atoms with Gasteiger partial charge in [0.2, 0.25) is 11.5 Å². The molecule has 2 heterocycles. The van der Waals surface area contributed by atoms with Gasteiger partial charge in [-0.3, -0.25) is 14.3 Å². The molecule has 0 radical (unpaired) electrons. The number of fused-ring (bicyclic) bond motifs is 1. The fourth-order valence-corrected chi connectivity index (χ4v) is 4.46. The van der Waals surface area contributed by atoms with Crippen molar-refractivity contribution in [2.24, 2.45) is 4.99 Å². The maximum absolute atomic E-state index is 13.3. The number of aromatic amines is 1. The van der Waals surface area contributed by atoms with Crippen molar-refractivity contribution < 1.29 is 4.79 Å². The molecule has 2 aromatic heterocycles. The van der Waals surface area contributed by atoms with E-state index >= 15 is 0 Å². The standard InChI is InChI=1S/C23H23ClN6O3S/c1-3-20-27-17-9-8-16(12-18(17)34-20)26-21-28-22(32)29(11-10-19(31)25-2)23(33)30(21)13-14-4-6-15(24)7-5-14/h4-9,12H,3,10-11,13H2,1-2H3,(H,25,31)(H,26,28,32). The molecule has 176 valence electrons. The molecule has 11 heteroatoms. The molecule has 2 aromatic carbocycles. The number of aryl methyl sites for hydroxylation is 1. The van der Waals surface area contributed by atoms with Crippen LogP contribution in [0.15, 0.2) is 57.0 Å². The average molecular weight is 499 g/mol. The average Bonchev–Trinajstić information content (AvgIpc) is 3.25. The number of rotatable bonds is 7. The van der Waals surface area contributed by atoms with Gasteiger partial charge in [0, 0.05) is 25.0 Å². The highest BCUT2D eigenvalue weighted by molar-refractivity contribution is 7.18. The second kappa shape index (κ2) is 10.2. The highest BCUT2D eigenvalue weighted by Crippen LogP contribution is 2.26. The van der Waals surface area contributed by atoms with Crippen molar-refractivity contribution in [3.63, 3.8) is 0 Å². The molecular formula is C23H23ClN6O3S. The zero-order chi connectivity index (χ0) is 24.2. The highest BCUT2D eigenvalue weighted by atomic mass is 35.5. The molecule has 2 N–H and O–H groups in total. The quantitative estimate of drug-likeness (QED) is 0.407. The fraction of sp³-hybridized carbons (Fsp3) is 0.261. The van der Waals surface area contributed by atoms with E-state index in [-0.39, 0.29) is 31.0 Å². The molecule has 0 saturated carbocycles. The van der Waals surface area contributed by atoms with Crippen molar-refractivity contribution in [1.82, 2.24) is 24.4 Å². The number of nitrogens with one attached hydrogen (secondary N) is 2. The van der Waals surface area contributed by atoms with Crippen LogP contribution in [0.5, 0.6) is 0 Å². The van der Waals surface area contributed by atoms with Crippen LogP contribution in [0.1, 0.15) is 23.9 Å². The zero-order valence-electron chi connectivity index (χ0n) is 18.7. The van der Waals surface area contributed by atoms with Gasteiger partial charge in [-0.2, -0.15) is 0 Å². The number of hydrogen-bond acceptors (Lipinski definition) is 6. The number of hydrogen-bond donors (Lipinski definition) is 2. The number of amides is 1. The number of aromatic nitrogens is 4. The van der Waals surface area contributed by atoms with E-state index in [1.54, 1.807) is 41.7 Å². The molecule has 0 aliphatic heterocycles. The lowest BCUT2D eigenvalue weighted by molar-refractivity contribution is -0.120. The van der Waals surface area contributed by atoms with Crippen LogP contribution in [-0.4, -0.2) is 32.1 Å². The van der Waals surface area contributed by atoms with Crippen molar-refractivity contribution in [3.05, 3.63) is 84.6 Å². The maximum atomic E-state index is 13.3. The first-order valence-electron chi connectivity index (χ1n) is 10.7. The minimum Gasteiger partial charge on any atom is -0.359 e. The predicted octanol–water partition coefficient (Wildman–Crippen LogP) is 2.58. The van der Waals surface area contributed by atoms with Gasteiger partial charge in [-0.05, 0) is 42.3 Å². The van der Waals surface area contributed by atoms with Crippen molar-refractivity contribution in [3.8, 4) is 0 Å². The van der Waals surface area contributed by atoms with Crippen LogP contribution < -0.4 is 22.3 Å². The number of carbonyl (C=O) groups excluding carboxylic acids is 1. The monoisotopic (exact) mass is 498 g/mol. The summed E-state index contributed by atoms with van der Waals surface area (Å²) in [5.74, 6) is -0.270. The van der Waals surface area contributed by atoms with Gasteiger partial charge >= 0.3 is 11.4 Å². The van der Waals surface area contributed by atoms with E-state index in [0.717, 1.165) is 31.8 Å². The van der Waals surface area contributed by atoms with Gasteiger partial charge in [0.15, 0.2) is 0 Å². The summed E-state index contributed by atoms with van der Waals surface area (Å²) in [5, 5.41) is 4.09. The maximum Gasteiger partial charge on any atom is 0.335 e. The van der Waals surface area contributed by atoms with Crippen LogP contribution in [0.3, 0.4) is 0 Å². The Balaban J connectivity index is 1.84. The lowest BCUT2D eigenvalue weighted by Crippen LogP contribution is -2.50. The van der Waals surface area contributed by atoms with Gasteiger partial charge < -0.3 is 5.32 Å². The second-order valence-corrected chi connectivity index (χ2v) is 9.10. The Morgan fingerprint density at radius 1 is 1.18 bits per heavy atom. The van der Waals surface area contributed by atoms with Crippen LogP contribution in [0.2, 0.25) is 5.02 Å². The largest absolute Gasteiger partial charge is 0.359 e. The third kappa shape index (κ3) is 5.18. The molecule has 0 aliphatic carbocycles. The number of benzene rings is 2. The lowest BCUT2D eigenvalue weighted by atomic mass is 10.2. The fourth-order valence-electron chi connectivity index (χ4n) is 3.40. The first-order valence-corrected chi connectivity index (χ1v) is 11.9. The number of carbonyl (C=O) groups is 1. The van der Waals surface area contributed by atoms with Crippen LogP contribution in [0.25, 0.3) is 10.2 Å². The van der Waals surface area contributed by atoms with E-state index in [2.05, 4.69) is 20.3 Å². The van der Waals surface area contributed by atoms with Crippen LogP contribution >= 0.6 is 22.9 Å². The van der Waals surface area contributed by atoms with E-state index in [0.29, 0.717) is 10.7 Å². The van der Waals surface area contributed by atoms with E-state index in [4.69, 9.17) is 11.6 Å². The van der Waals surface area contributed by atoms with Gasteiger partial charge in [0.25, 0.3) is 0 Å². The molecular weight excluding hydrogens is 476 g/mol. The molecule has 0 unspecified atom stereocenters. The first kappa shape index (κ1) is 23.7. The number of thiazole rings is 1. The summed E-state index contributed by atoms with van der Waals surface area (Å²) in [6, 6.07) is 12.6. The van der Waals surface area contributed by atoms with Crippen LogP contribution in [0, 0.1) is 0 Å². The molecule has 0 fully saturated rings. The minimum absolute atomic E-state index is 0.00126. The second-order valence-electron chi connectivity index (χ2n) is 7.55. The normalized spacial score (nSPS) is 11.8. The molecule has 9 nitrogen and oxygen atoms in total. The molecule has 4 aromatic rings. The van der Waals surface area contributed by atoms with Gasteiger partial charge in [0.05, 0.1) is 27.5 Å². The van der Waals surface area contributed by atoms with E-state index in [1.165, 1.54) is 11.6 Å². The summed E-state index contributed by atoms with van der Waals surface area (Å²) >= 11 is 7.58. The Labute approximate surface area is 203 Å². The Morgan fingerprint density at radius 2 is 1.94 bits per heavy atom. The van der Waals surface area contributed by atoms with Crippen molar-refractivity contribution in [2.45, 2.75) is 32.9 Å². The Bertz CT molecular complexity index is 1530. The summed E-state index contributed by atoms with van der Waals surface area (Å²) in [4.78, 5) is 49.6. The summed E-state index contributed by atoms with van der Waals surface area (Å²) in [6.07, 6.45) is 0.841. The smallest absolute Gasteiger partial charge is 0.335 e. The van der Waals surface area contributed by atoms with Gasteiger partial charge in [-0.15, -0.1) is 11.3 Å². The Morgan fingerprint density at radius 3 is 2.65 bits per heavy atom. The van der Waals surface area contributed by atoms with Gasteiger partial charge in [-0.25, -0.2) is 24.1 Å². The Hall–Kier alpha value is -3.50. The molecule has 0 aliphatic rings. The highest BCUT2D eigenvalue weighted by Gasteiger charge is 2.12. The third-order valence-electron chi connectivity index (χ3n) is 5.23. The summed E-state index contributed by atoms with van der Waals surface area (Å²) in [6.45, 7) is 2.16. The van der Waals surface area contributed by atoms with E-state index < -0.39 is 11.4 Å². The summed E-state index contributed by atoms with van der Waals surface area (Å²) < 4.78 is 3.36. The molecule has 0 bridgehead atoms. The molecule has 0 saturated heterocycles. The third-order valence-corrected chi connectivity index (χ3v) is 6.64. The summed E-state index contributed by atoms with van der Waals surface area (Å²) in [5.41, 5.74) is 1.19. The van der Waals surface area contributed by atoms with E-state index in [1.807, 2.05) is 19.1 Å². The zero-order valence-corrected chi connectivity index (χ0v) is 20.2. The van der Waals surface area contributed by atoms with Gasteiger partial charge in [0.1, 0.15) is 0 Å². The lowest BCUT2D eigenvalue weighted by Gasteiger charge is -2.11. The minimum atomic E-state index is -0.632. The van der Waals surface area contributed by atoms with Crippen molar-refractivity contribution in [1.29, 1.82) is 0 Å². The summed E-state index contributed by atoms with van der Waals surface area (Å²) in [7, 11) is 1.50. The van der Waals surface area contributed by atoms with Crippen molar-refractivity contribution in [2.75, 3.05) is 7.05 Å². The van der Waals surface area contributed by atoms with Crippen LogP contribution in [-0.2, 0) is 24.3 Å². The van der Waals surface area contributed by atoms with Crippen LogP contribution in [0.4, 0.5) is 5.69 Å². The SMILES string of the molecule is CCc1nc2ccc(/N=c3\[nH]c(=O)n(CCC(=O)NC)c(=O)n3Cc3ccc(Cl)cc3)cc2s1.